The molecule has 1 fully saturated rings. The van der Waals surface area contributed by atoms with Crippen molar-refractivity contribution in [1.29, 1.82) is 0 Å². The highest BCUT2D eigenvalue weighted by Gasteiger charge is 2.35. The average Bonchev–Trinajstić information content (AvgIpc) is 2.84. The fourth-order valence-electron chi connectivity index (χ4n) is 3.19. The Morgan fingerprint density at radius 2 is 1.74 bits per heavy atom. The van der Waals surface area contributed by atoms with Gasteiger partial charge >= 0.3 is 0 Å². The second-order valence-electron chi connectivity index (χ2n) is 5.78. The third-order valence-corrected chi connectivity index (χ3v) is 4.19. The van der Waals surface area contributed by atoms with Crippen molar-refractivity contribution in [1.82, 2.24) is 0 Å². The molecule has 106 valence electrons. The molecule has 1 aromatic rings. The maximum absolute atomic E-state index is 6.60. The van der Waals surface area contributed by atoms with Crippen LogP contribution in [0.1, 0.15) is 56.6 Å². The number of nitrogens with two attached hydrogens (primary N) is 1. The van der Waals surface area contributed by atoms with Crippen molar-refractivity contribution in [2.75, 3.05) is 14.2 Å². The third-order valence-electron chi connectivity index (χ3n) is 4.19. The molecule has 0 aliphatic heterocycles. The Bertz CT molecular complexity index is 448. The summed E-state index contributed by atoms with van der Waals surface area (Å²) in [6, 6.07) is 4.11. The van der Waals surface area contributed by atoms with E-state index in [0.717, 1.165) is 35.5 Å². The van der Waals surface area contributed by atoms with Gasteiger partial charge in [-0.15, -0.1) is 0 Å². The van der Waals surface area contributed by atoms with Gasteiger partial charge in [0.2, 0.25) is 0 Å². The van der Waals surface area contributed by atoms with Gasteiger partial charge in [-0.3, -0.25) is 0 Å². The van der Waals surface area contributed by atoms with Crippen LogP contribution in [0.5, 0.6) is 11.5 Å². The molecule has 1 aromatic carbocycles. The van der Waals surface area contributed by atoms with Crippen molar-refractivity contribution in [3.8, 4) is 11.5 Å². The summed E-state index contributed by atoms with van der Waals surface area (Å²) >= 11 is 0. The number of benzene rings is 1. The molecular formula is C16H25NO2. The van der Waals surface area contributed by atoms with Gasteiger partial charge in [0.15, 0.2) is 0 Å². The first-order valence-electron chi connectivity index (χ1n) is 7.07. The Labute approximate surface area is 116 Å². The summed E-state index contributed by atoms with van der Waals surface area (Å²) in [6.45, 7) is 4.31. The van der Waals surface area contributed by atoms with E-state index in [1.54, 1.807) is 14.2 Å². The Hall–Kier alpha value is -1.22. The number of methoxy groups -OCH3 is 2. The molecule has 3 heteroatoms. The minimum atomic E-state index is -0.235. The van der Waals surface area contributed by atoms with E-state index in [2.05, 4.69) is 19.9 Å². The molecule has 2 rings (SSSR count). The Morgan fingerprint density at radius 3 is 2.21 bits per heavy atom. The van der Waals surface area contributed by atoms with Gasteiger partial charge in [0.05, 0.1) is 14.2 Å². The fraction of sp³-hybridized carbons (Fsp3) is 0.625. The standard InChI is InChI=1S/C16H25NO2/c1-11(2)14-13(18-3)8-7-12(15(14)19-4)16(17)9-5-6-10-16/h7-8,11H,5-6,9-10,17H2,1-4H3. The topological polar surface area (TPSA) is 44.5 Å². The van der Waals surface area contributed by atoms with E-state index >= 15 is 0 Å². The van der Waals surface area contributed by atoms with E-state index < -0.39 is 0 Å². The zero-order valence-electron chi connectivity index (χ0n) is 12.5. The van der Waals surface area contributed by atoms with Gasteiger partial charge in [0.25, 0.3) is 0 Å². The quantitative estimate of drug-likeness (QED) is 0.903. The number of ether oxygens (including phenoxy) is 2. The van der Waals surface area contributed by atoms with Crippen LogP contribution >= 0.6 is 0 Å². The van der Waals surface area contributed by atoms with Crippen LogP contribution in [-0.4, -0.2) is 14.2 Å². The molecule has 0 saturated heterocycles. The minimum Gasteiger partial charge on any atom is -0.496 e. The average molecular weight is 263 g/mol. The molecule has 0 bridgehead atoms. The smallest absolute Gasteiger partial charge is 0.131 e. The summed E-state index contributed by atoms with van der Waals surface area (Å²) in [4.78, 5) is 0. The van der Waals surface area contributed by atoms with Crippen LogP contribution in [0.15, 0.2) is 12.1 Å². The molecule has 0 radical (unpaired) electrons. The molecule has 1 aliphatic rings. The highest BCUT2D eigenvalue weighted by atomic mass is 16.5. The second kappa shape index (κ2) is 5.41. The van der Waals surface area contributed by atoms with Crippen molar-refractivity contribution < 1.29 is 9.47 Å². The predicted molar refractivity (Wildman–Crippen MR) is 78.0 cm³/mol. The van der Waals surface area contributed by atoms with Crippen LogP contribution in [0.25, 0.3) is 0 Å². The number of hydrogen-bond donors (Lipinski definition) is 1. The third kappa shape index (κ3) is 2.44. The van der Waals surface area contributed by atoms with Gasteiger partial charge in [-0.1, -0.05) is 26.7 Å². The summed E-state index contributed by atoms with van der Waals surface area (Å²) < 4.78 is 11.2. The van der Waals surface area contributed by atoms with E-state index in [1.807, 2.05) is 6.07 Å². The second-order valence-corrected chi connectivity index (χ2v) is 5.78. The molecule has 0 aromatic heterocycles. The lowest BCUT2D eigenvalue weighted by atomic mass is 9.85. The summed E-state index contributed by atoms with van der Waals surface area (Å²) in [7, 11) is 3.43. The highest BCUT2D eigenvalue weighted by Crippen LogP contribution is 2.46. The summed E-state index contributed by atoms with van der Waals surface area (Å²) in [5.41, 5.74) is 8.62. The summed E-state index contributed by atoms with van der Waals surface area (Å²) in [5, 5.41) is 0. The number of rotatable bonds is 4. The fourth-order valence-corrected chi connectivity index (χ4v) is 3.19. The van der Waals surface area contributed by atoms with Crippen LogP contribution in [0.4, 0.5) is 0 Å². The van der Waals surface area contributed by atoms with Crippen molar-refractivity contribution in [2.24, 2.45) is 5.73 Å². The van der Waals surface area contributed by atoms with Gasteiger partial charge in [-0.25, -0.2) is 0 Å². The van der Waals surface area contributed by atoms with Gasteiger partial charge in [0.1, 0.15) is 11.5 Å². The first kappa shape index (κ1) is 14.2. The van der Waals surface area contributed by atoms with E-state index in [0.29, 0.717) is 5.92 Å². The monoisotopic (exact) mass is 263 g/mol. The van der Waals surface area contributed by atoms with Gasteiger partial charge in [-0.05, 0) is 30.9 Å². The van der Waals surface area contributed by atoms with Gasteiger partial charge in [-0.2, -0.15) is 0 Å². The zero-order valence-corrected chi connectivity index (χ0v) is 12.5. The maximum atomic E-state index is 6.60. The minimum absolute atomic E-state index is 0.235. The molecule has 0 atom stereocenters. The van der Waals surface area contributed by atoms with E-state index in [-0.39, 0.29) is 5.54 Å². The van der Waals surface area contributed by atoms with Gasteiger partial charge < -0.3 is 15.2 Å². The molecule has 1 saturated carbocycles. The van der Waals surface area contributed by atoms with E-state index in [9.17, 15) is 0 Å². The van der Waals surface area contributed by atoms with Crippen LogP contribution in [0.2, 0.25) is 0 Å². The largest absolute Gasteiger partial charge is 0.496 e. The predicted octanol–water partition coefficient (Wildman–Crippen LogP) is 3.56. The first-order valence-corrected chi connectivity index (χ1v) is 7.07. The molecule has 2 N–H and O–H groups in total. The van der Waals surface area contributed by atoms with E-state index in [1.165, 1.54) is 12.8 Å². The Morgan fingerprint density at radius 1 is 1.11 bits per heavy atom. The SMILES string of the molecule is COc1ccc(C2(N)CCCC2)c(OC)c1C(C)C. The van der Waals surface area contributed by atoms with Crippen molar-refractivity contribution in [2.45, 2.75) is 51.0 Å². The molecule has 0 heterocycles. The van der Waals surface area contributed by atoms with Crippen LogP contribution < -0.4 is 15.2 Å². The molecule has 0 spiro atoms. The van der Waals surface area contributed by atoms with Crippen molar-refractivity contribution in [3.63, 3.8) is 0 Å². The van der Waals surface area contributed by atoms with Crippen molar-refractivity contribution in [3.05, 3.63) is 23.3 Å². The molecule has 1 aliphatic carbocycles. The lowest BCUT2D eigenvalue weighted by Gasteiger charge is -2.29. The number of hydrogen-bond acceptors (Lipinski definition) is 3. The molecule has 19 heavy (non-hydrogen) atoms. The Kier molecular flexibility index (Phi) is 4.04. The van der Waals surface area contributed by atoms with Gasteiger partial charge in [0, 0.05) is 16.7 Å². The molecular weight excluding hydrogens is 238 g/mol. The molecule has 3 nitrogen and oxygen atoms in total. The van der Waals surface area contributed by atoms with Crippen LogP contribution in [0, 0.1) is 0 Å². The zero-order chi connectivity index (χ0) is 14.0. The van der Waals surface area contributed by atoms with Crippen molar-refractivity contribution >= 4 is 0 Å². The lowest BCUT2D eigenvalue weighted by Crippen LogP contribution is -2.33. The van der Waals surface area contributed by atoms with E-state index in [4.69, 9.17) is 15.2 Å². The normalized spacial score (nSPS) is 17.8. The highest BCUT2D eigenvalue weighted by molar-refractivity contribution is 5.54. The molecule has 0 unspecified atom stereocenters. The lowest BCUT2D eigenvalue weighted by molar-refractivity contribution is 0.360. The van der Waals surface area contributed by atoms with Crippen LogP contribution in [-0.2, 0) is 5.54 Å². The summed E-state index contributed by atoms with van der Waals surface area (Å²) in [5.74, 6) is 2.14. The first-order chi connectivity index (χ1) is 9.03. The summed E-state index contributed by atoms with van der Waals surface area (Å²) in [6.07, 6.45) is 4.46. The maximum Gasteiger partial charge on any atom is 0.131 e. The van der Waals surface area contributed by atoms with Crippen LogP contribution in [0.3, 0.4) is 0 Å². The molecule has 0 amide bonds. The Balaban J connectivity index is 2.59.